The summed E-state index contributed by atoms with van der Waals surface area (Å²) in [6, 6.07) is 0. The number of rotatable bonds is 10. The molecule has 5 aliphatic heterocycles. The second kappa shape index (κ2) is 18.9. The normalized spacial score (nSPS) is 54.6. The van der Waals surface area contributed by atoms with Gasteiger partial charge in [-0.25, -0.2) is 9.59 Å². The molecule has 0 amide bonds. The average molecular weight is 957 g/mol. The smallest absolute Gasteiger partial charge is 0.335 e. The number of ether oxygens (including phenoxy) is 9. The number of aliphatic hydroxyl groups excluding tert-OH is 7. The van der Waals surface area contributed by atoms with Crippen molar-refractivity contribution in [3.63, 3.8) is 0 Å². The molecule has 0 spiro atoms. The van der Waals surface area contributed by atoms with Crippen molar-refractivity contribution in [1.29, 1.82) is 0 Å². The zero-order valence-electron chi connectivity index (χ0n) is 38.9. The number of aliphatic hydroxyl groups is 8. The lowest BCUT2D eigenvalue weighted by molar-refractivity contribution is -0.352. The Labute approximate surface area is 389 Å². The summed E-state index contributed by atoms with van der Waals surface area (Å²) in [6.45, 7) is 9.62. The van der Waals surface area contributed by atoms with Gasteiger partial charge in [-0.05, 0) is 107 Å². The molecule has 0 aromatic carbocycles. The van der Waals surface area contributed by atoms with Crippen molar-refractivity contribution in [2.24, 2.45) is 34.5 Å². The third kappa shape index (κ3) is 8.83. The molecule has 380 valence electrons. The summed E-state index contributed by atoms with van der Waals surface area (Å²) < 4.78 is 53.4. The van der Waals surface area contributed by atoms with Gasteiger partial charge < -0.3 is 88.6 Å². The number of aliphatic carboxylic acids is 1. The molecule has 9 rings (SSSR count). The lowest BCUT2D eigenvalue weighted by Gasteiger charge is -2.65. The van der Waals surface area contributed by atoms with Gasteiger partial charge in [0.15, 0.2) is 31.3 Å². The van der Waals surface area contributed by atoms with Crippen LogP contribution in [0.4, 0.5) is 0 Å². The van der Waals surface area contributed by atoms with Gasteiger partial charge in [0.2, 0.25) is 0 Å². The lowest BCUT2D eigenvalue weighted by Crippen LogP contribution is -2.67. The quantitative estimate of drug-likeness (QED) is 0.104. The van der Waals surface area contributed by atoms with Crippen molar-refractivity contribution in [3.05, 3.63) is 11.6 Å². The maximum atomic E-state index is 12.6. The monoisotopic (exact) mass is 956 g/mol. The predicted octanol–water partition coefficient (Wildman–Crippen LogP) is 0.135. The van der Waals surface area contributed by atoms with Crippen molar-refractivity contribution in [2.75, 3.05) is 6.61 Å². The van der Waals surface area contributed by atoms with Crippen molar-refractivity contribution in [3.8, 4) is 0 Å². The van der Waals surface area contributed by atoms with Crippen LogP contribution in [0.2, 0.25) is 0 Å². The van der Waals surface area contributed by atoms with Gasteiger partial charge in [-0.2, -0.15) is 0 Å². The van der Waals surface area contributed by atoms with Crippen LogP contribution in [0.1, 0.15) is 105 Å². The molecule has 26 unspecified atom stereocenters. The highest BCUT2D eigenvalue weighted by molar-refractivity contribution is 5.85. The number of hydrogen-bond acceptors (Lipinski definition) is 19. The SMILES string of the molecule is CC1OC(OC2CCC3(C)C(CCC4C3CC(O)C3(C)C(C5=CC(=O)OC5)CCC43O)C2)CC(O)C1OC1CC(O)C(OC2CC(O)C(OC3OC(C(=O)O)C(O)C(O)C3O)C(C)O2)C(C)O1. The first-order chi connectivity index (χ1) is 31.6. The Hall–Kier alpha value is -1.96. The van der Waals surface area contributed by atoms with E-state index in [-0.39, 0.29) is 61.1 Å². The van der Waals surface area contributed by atoms with Gasteiger partial charge in [-0.1, -0.05) is 13.8 Å². The summed E-state index contributed by atoms with van der Waals surface area (Å²) in [5.41, 5.74) is -1.02. The Morgan fingerprint density at radius 2 is 1.22 bits per heavy atom. The fourth-order valence-electron chi connectivity index (χ4n) is 14.3. The first kappa shape index (κ1) is 50.0. The Balaban J connectivity index is 0.737. The van der Waals surface area contributed by atoms with E-state index in [1.54, 1.807) is 26.8 Å². The molecule has 4 aliphatic carbocycles. The molecule has 67 heavy (non-hydrogen) atoms. The molecule has 26 atom stereocenters. The summed E-state index contributed by atoms with van der Waals surface area (Å²) >= 11 is 0. The molecule has 9 N–H and O–H groups in total. The van der Waals surface area contributed by atoms with Crippen LogP contribution in [0.5, 0.6) is 0 Å². The fourth-order valence-corrected chi connectivity index (χ4v) is 14.3. The lowest BCUT2D eigenvalue weighted by atomic mass is 9.42. The summed E-state index contributed by atoms with van der Waals surface area (Å²) in [4.78, 5) is 23.5. The first-order valence-corrected chi connectivity index (χ1v) is 24.4. The van der Waals surface area contributed by atoms with Gasteiger partial charge in [0, 0.05) is 30.8 Å². The number of hydrogen-bond donors (Lipinski definition) is 9. The highest BCUT2D eigenvalue weighted by Crippen LogP contribution is 2.70. The van der Waals surface area contributed by atoms with Crippen LogP contribution in [-0.4, -0.2) is 187 Å². The summed E-state index contributed by atoms with van der Waals surface area (Å²) in [5, 5.41) is 98.1. The number of cyclic esters (lactones) is 1. The van der Waals surface area contributed by atoms with E-state index in [0.717, 1.165) is 37.7 Å². The Morgan fingerprint density at radius 1 is 0.657 bits per heavy atom. The van der Waals surface area contributed by atoms with E-state index in [2.05, 4.69) is 6.92 Å². The van der Waals surface area contributed by atoms with E-state index in [0.29, 0.717) is 25.2 Å². The maximum Gasteiger partial charge on any atom is 0.335 e. The fraction of sp³-hybridized carbons (Fsp3) is 0.915. The second-order valence-corrected chi connectivity index (χ2v) is 21.7. The number of esters is 1. The van der Waals surface area contributed by atoms with Gasteiger partial charge >= 0.3 is 11.9 Å². The van der Waals surface area contributed by atoms with Crippen molar-refractivity contribution < 1.29 is 98.2 Å². The molecule has 0 aromatic heterocycles. The van der Waals surface area contributed by atoms with Crippen LogP contribution in [0.25, 0.3) is 0 Å². The predicted molar refractivity (Wildman–Crippen MR) is 226 cm³/mol. The van der Waals surface area contributed by atoms with E-state index in [1.807, 2.05) is 6.92 Å². The summed E-state index contributed by atoms with van der Waals surface area (Å²) in [6.07, 6.45) is -13.2. The largest absolute Gasteiger partial charge is 0.479 e. The number of carboxylic acids is 1. The van der Waals surface area contributed by atoms with Gasteiger partial charge in [-0.3, -0.25) is 0 Å². The van der Waals surface area contributed by atoms with Gasteiger partial charge in [-0.15, -0.1) is 0 Å². The van der Waals surface area contributed by atoms with Crippen molar-refractivity contribution in [1.82, 2.24) is 0 Å². The standard InChI is InChI=1S/C47H72O20/c1-19-39(64-34-16-29(49)40(20(2)61-34)65-35-17-30(50)41(21(3)62-35)66-44-38(55)36(53)37(54)42(67-44)43(56)57)28(48)15-33(60-19)63-24-8-10-45(4)23(13-24)6-7-26-27(45)14-31(51)46(5)25(9-11-47(26,46)58)22-12-32(52)59-18-22/h12,19-21,23-31,33-42,44,48-51,53-55,58H,6-11,13-18H2,1-5H3,(H,56,57). The van der Waals surface area contributed by atoms with E-state index in [4.69, 9.17) is 42.6 Å². The molecule has 20 nitrogen and oxygen atoms in total. The van der Waals surface area contributed by atoms with Crippen LogP contribution >= 0.6 is 0 Å². The van der Waals surface area contributed by atoms with Crippen LogP contribution in [-0.2, 0) is 52.2 Å². The first-order valence-electron chi connectivity index (χ1n) is 24.4. The van der Waals surface area contributed by atoms with E-state index < -0.39 is 128 Å². The van der Waals surface area contributed by atoms with Crippen LogP contribution in [0, 0.1) is 34.5 Å². The maximum absolute atomic E-state index is 12.6. The minimum atomic E-state index is -1.90. The molecule has 9 aliphatic rings. The minimum Gasteiger partial charge on any atom is -0.479 e. The molecular formula is C47H72O20. The minimum absolute atomic E-state index is 0.0103. The molecular weight excluding hydrogens is 884 g/mol. The van der Waals surface area contributed by atoms with Gasteiger partial charge in [0.1, 0.15) is 43.2 Å². The van der Waals surface area contributed by atoms with E-state index in [9.17, 15) is 55.5 Å². The van der Waals surface area contributed by atoms with Crippen LogP contribution < -0.4 is 0 Å². The topological polar surface area (TPSA) is 299 Å². The number of carbonyl (C=O) groups excluding carboxylic acids is 1. The second-order valence-electron chi connectivity index (χ2n) is 21.7. The molecule has 4 saturated carbocycles. The molecule has 8 fully saturated rings. The summed E-state index contributed by atoms with van der Waals surface area (Å²) in [5.74, 6) is -1.53. The van der Waals surface area contributed by atoms with Gasteiger partial charge in [0.05, 0.1) is 54.4 Å². The number of carbonyl (C=O) groups is 2. The van der Waals surface area contributed by atoms with Crippen LogP contribution in [0.3, 0.4) is 0 Å². The Morgan fingerprint density at radius 3 is 1.76 bits per heavy atom. The Bertz CT molecular complexity index is 1800. The molecule has 5 heterocycles. The third-order valence-electron chi connectivity index (χ3n) is 18.0. The zero-order valence-corrected chi connectivity index (χ0v) is 38.9. The average Bonchev–Trinajstić information content (AvgIpc) is 3.82. The molecule has 0 bridgehead atoms. The van der Waals surface area contributed by atoms with Gasteiger partial charge in [0.25, 0.3) is 0 Å². The molecule has 0 radical (unpaired) electrons. The van der Waals surface area contributed by atoms with Crippen molar-refractivity contribution in [2.45, 2.75) is 228 Å². The number of carboxylic acid groups (broad SMARTS) is 1. The molecule has 0 aromatic rings. The van der Waals surface area contributed by atoms with E-state index in [1.165, 1.54) is 0 Å². The number of fused-ring (bicyclic) bond motifs is 5. The third-order valence-corrected chi connectivity index (χ3v) is 18.0. The highest BCUT2D eigenvalue weighted by atomic mass is 16.8. The van der Waals surface area contributed by atoms with Crippen LogP contribution in [0.15, 0.2) is 11.6 Å². The molecule has 20 heteroatoms. The van der Waals surface area contributed by atoms with E-state index >= 15 is 0 Å². The molecule has 4 saturated heterocycles. The van der Waals surface area contributed by atoms with Crippen molar-refractivity contribution >= 4 is 11.9 Å². The summed E-state index contributed by atoms with van der Waals surface area (Å²) in [7, 11) is 0. The Kier molecular flexibility index (Phi) is 14.1. The zero-order chi connectivity index (χ0) is 48.1. The highest BCUT2D eigenvalue weighted by Gasteiger charge is 2.71.